The highest BCUT2D eigenvalue weighted by atomic mass is 16.5. The topological polar surface area (TPSA) is 59.7 Å². The van der Waals surface area contributed by atoms with Crippen molar-refractivity contribution in [1.29, 1.82) is 0 Å². The molecule has 0 unspecified atom stereocenters. The minimum absolute atomic E-state index is 0.0351. The summed E-state index contributed by atoms with van der Waals surface area (Å²) < 4.78 is 10.5. The predicted molar refractivity (Wildman–Crippen MR) is 55.9 cm³/mol. The Balaban J connectivity index is 2.82. The maximum atomic E-state index is 11.5. The fourth-order valence-electron chi connectivity index (χ4n) is 1.24. The van der Waals surface area contributed by atoms with Crippen LogP contribution in [0, 0.1) is 0 Å². The van der Waals surface area contributed by atoms with E-state index in [1.54, 1.807) is 0 Å². The van der Waals surface area contributed by atoms with E-state index in [0.717, 1.165) is 12.8 Å². The molecular weight excluding hydrogens is 196 g/mol. The van der Waals surface area contributed by atoms with E-state index in [4.69, 9.17) is 14.3 Å². The van der Waals surface area contributed by atoms with Gasteiger partial charge >= 0.3 is 0 Å². The Morgan fingerprint density at radius 3 is 2.60 bits per heavy atom. The Morgan fingerprint density at radius 2 is 2.13 bits per heavy atom. The highest BCUT2D eigenvalue weighted by Gasteiger charge is 2.09. The summed E-state index contributed by atoms with van der Waals surface area (Å²) in [7, 11) is 0. The van der Waals surface area contributed by atoms with Crippen LogP contribution in [0.2, 0.25) is 0 Å². The lowest BCUT2D eigenvalue weighted by Crippen LogP contribution is -2.18. The van der Waals surface area contributed by atoms with E-state index in [0.29, 0.717) is 0 Å². The SMILES string of the molecule is CCC(CC)Oc1coc(CO)cc1=O. The Labute approximate surface area is 88.5 Å². The molecule has 4 heteroatoms. The molecule has 0 aromatic carbocycles. The minimum Gasteiger partial charge on any atom is -0.483 e. The quantitative estimate of drug-likeness (QED) is 0.807. The molecule has 0 aliphatic carbocycles. The molecule has 0 aliphatic rings. The molecule has 15 heavy (non-hydrogen) atoms. The van der Waals surface area contributed by atoms with Crippen molar-refractivity contribution < 1.29 is 14.3 Å². The molecule has 0 aliphatic heterocycles. The Hall–Kier alpha value is -1.29. The molecule has 1 rings (SSSR count). The van der Waals surface area contributed by atoms with Gasteiger partial charge in [0.2, 0.25) is 11.2 Å². The third-order valence-electron chi connectivity index (χ3n) is 2.21. The molecule has 1 aromatic heterocycles. The number of aliphatic hydroxyl groups excluding tert-OH is 1. The first-order valence-corrected chi connectivity index (χ1v) is 5.10. The summed E-state index contributed by atoms with van der Waals surface area (Å²) in [5.41, 5.74) is -0.253. The molecular formula is C11H16O4. The van der Waals surface area contributed by atoms with Gasteiger partial charge < -0.3 is 14.3 Å². The van der Waals surface area contributed by atoms with Crippen LogP contribution >= 0.6 is 0 Å². The average molecular weight is 212 g/mol. The smallest absolute Gasteiger partial charge is 0.227 e. The molecule has 0 saturated heterocycles. The van der Waals surface area contributed by atoms with E-state index in [9.17, 15) is 4.79 Å². The van der Waals surface area contributed by atoms with Gasteiger partial charge in [-0.25, -0.2) is 0 Å². The largest absolute Gasteiger partial charge is 0.483 e. The zero-order chi connectivity index (χ0) is 11.3. The monoisotopic (exact) mass is 212 g/mol. The second-order valence-corrected chi connectivity index (χ2v) is 3.29. The lowest BCUT2D eigenvalue weighted by atomic mass is 10.2. The van der Waals surface area contributed by atoms with Crippen molar-refractivity contribution in [1.82, 2.24) is 0 Å². The van der Waals surface area contributed by atoms with Crippen LogP contribution in [-0.4, -0.2) is 11.2 Å². The first-order valence-electron chi connectivity index (χ1n) is 5.10. The van der Waals surface area contributed by atoms with E-state index in [1.807, 2.05) is 13.8 Å². The van der Waals surface area contributed by atoms with Crippen LogP contribution in [0.3, 0.4) is 0 Å². The number of hydrogen-bond acceptors (Lipinski definition) is 4. The molecule has 84 valence electrons. The zero-order valence-corrected chi connectivity index (χ0v) is 9.03. The number of aliphatic hydroxyl groups is 1. The molecule has 1 N–H and O–H groups in total. The summed E-state index contributed by atoms with van der Waals surface area (Å²) in [5.74, 6) is 0.456. The molecule has 0 atom stereocenters. The first kappa shape index (κ1) is 11.8. The Kier molecular flexibility index (Phi) is 4.37. The van der Waals surface area contributed by atoms with Crippen LogP contribution in [0.1, 0.15) is 32.4 Å². The molecule has 0 bridgehead atoms. The highest BCUT2D eigenvalue weighted by molar-refractivity contribution is 5.17. The molecule has 0 radical (unpaired) electrons. The summed E-state index contributed by atoms with van der Waals surface area (Å²) in [6, 6.07) is 1.25. The van der Waals surface area contributed by atoms with Crippen molar-refractivity contribution in [2.45, 2.75) is 39.4 Å². The Morgan fingerprint density at radius 1 is 1.47 bits per heavy atom. The molecule has 1 heterocycles. The van der Waals surface area contributed by atoms with Gasteiger partial charge in [0.05, 0.1) is 6.10 Å². The average Bonchev–Trinajstić information content (AvgIpc) is 2.27. The third-order valence-corrected chi connectivity index (χ3v) is 2.21. The standard InChI is InChI=1S/C11H16O4/c1-3-8(4-2)15-11-7-14-9(6-12)5-10(11)13/h5,7-8,12H,3-4,6H2,1-2H3. The van der Waals surface area contributed by atoms with Gasteiger partial charge in [-0.1, -0.05) is 13.8 Å². The van der Waals surface area contributed by atoms with Crippen molar-refractivity contribution in [2.24, 2.45) is 0 Å². The molecule has 0 saturated carbocycles. The summed E-state index contributed by atoms with van der Waals surface area (Å²) in [6.07, 6.45) is 2.98. The van der Waals surface area contributed by atoms with Crippen molar-refractivity contribution in [3.8, 4) is 5.75 Å². The van der Waals surface area contributed by atoms with Gasteiger partial charge in [0, 0.05) is 6.07 Å². The van der Waals surface area contributed by atoms with Gasteiger partial charge in [-0.3, -0.25) is 4.79 Å². The van der Waals surface area contributed by atoms with Gasteiger partial charge in [0.15, 0.2) is 0 Å². The van der Waals surface area contributed by atoms with Crippen molar-refractivity contribution in [3.05, 3.63) is 28.3 Å². The second-order valence-electron chi connectivity index (χ2n) is 3.29. The summed E-state index contributed by atoms with van der Waals surface area (Å²) in [5, 5.41) is 8.75. The van der Waals surface area contributed by atoms with Crippen LogP contribution in [0.25, 0.3) is 0 Å². The predicted octanol–water partition coefficient (Wildman–Crippen LogP) is 1.70. The van der Waals surface area contributed by atoms with E-state index in [-0.39, 0.29) is 29.6 Å². The molecule has 0 amide bonds. The van der Waals surface area contributed by atoms with Crippen LogP contribution in [0.4, 0.5) is 0 Å². The minimum atomic E-state index is -0.277. The van der Waals surface area contributed by atoms with E-state index < -0.39 is 0 Å². The second kappa shape index (κ2) is 5.56. The van der Waals surface area contributed by atoms with Gasteiger partial charge in [-0.05, 0) is 12.8 Å². The molecule has 1 aromatic rings. The molecule has 0 spiro atoms. The van der Waals surface area contributed by atoms with E-state index in [1.165, 1.54) is 12.3 Å². The lowest BCUT2D eigenvalue weighted by Gasteiger charge is -2.14. The Bertz CT molecular complexity index is 352. The van der Waals surface area contributed by atoms with Crippen molar-refractivity contribution in [3.63, 3.8) is 0 Å². The number of rotatable bonds is 5. The summed E-state index contributed by atoms with van der Waals surface area (Å²) >= 11 is 0. The number of hydrogen-bond donors (Lipinski definition) is 1. The number of ether oxygens (including phenoxy) is 1. The van der Waals surface area contributed by atoms with Crippen molar-refractivity contribution >= 4 is 0 Å². The fourth-order valence-corrected chi connectivity index (χ4v) is 1.24. The maximum absolute atomic E-state index is 11.5. The van der Waals surface area contributed by atoms with Crippen molar-refractivity contribution in [2.75, 3.05) is 0 Å². The van der Waals surface area contributed by atoms with Gasteiger partial charge in [-0.15, -0.1) is 0 Å². The lowest BCUT2D eigenvalue weighted by molar-refractivity contribution is 0.182. The maximum Gasteiger partial charge on any atom is 0.227 e. The fraction of sp³-hybridized carbons (Fsp3) is 0.545. The van der Waals surface area contributed by atoms with E-state index in [2.05, 4.69) is 0 Å². The summed E-state index contributed by atoms with van der Waals surface area (Å²) in [4.78, 5) is 11.5. The molecule has 0 fully saturated rings. The van der Waals surface area contributed by atoms with E-state index >= 15 is 0 Å². The highest BCUT2D eigenvalue weighted by Crippen LogP contribution is 2.11. The van der Waals surface area contributed by atoms with Crippen LogP contribution < -0.4 is 10.2 Å². The summed E-state index contributed by atoms with van der Waals surface area (Å²) in [6.45, 7) is 3.72. The zero-order valence-electron chi connectivity index (χ0n) is 9.03. The van der Waals surface area contributed by atoms with Crippen LogP contribution in [0.15, 0.2) is 21.5 Å². The van der Waals surface area contributed by atoms with Crippen LogP contribution in [0.5, 0.6) is 5.75 Å². The van der Waals surface area contributed by atoms with Gasteiger partial charge in [0.1, 0.15) is 18.6 Å². The van der Waals surface area contributed by atoms with Crippen LogP contribution in [-0.2, 0) is 6.61 Å². The molecule has 4 nitrogen and oxygen atoms in total. The third kappa shape index (κ3) is 3.09. The first-order chi connectivity index (χ1) is 7.21. The van der Waals surface area contributed by atoms with Gasteiger partial charge in [-0.2, -0.15) is 0 Å². The van der Waals surface area contributed by atoms with Gasteiger partial charge in [0.25, 0.3) is 0 Å². The normalized spacial score (nSPS) is 10.7.